The molecule has 0 saturated heterocycles. The molecule has 0 unspecified atom stereocenters. The van der Waals surface area contributed by atoms with Gasteiger partial charge < -0.3 is 14.6 Å². The van der Waals surface area contributed by atoms with Crippen molar-refractivity contribution in [3.05, 3.63) is 101 Å². The molecule has 0 radical (unpaired) electrons. The van der Waals surface area contributed by atoms with Gasteiger partial charge in [0.05, 0.1) is 12.8 Å². The molecule has 7 heteroatoms. The molecule has 2 amide bonds. The van der Waals surface area contributed by atoms with Gasteiger partial charge in [-0.15, -0.1) is 0 Å². The quantitative estimate of drug-likeness (QED) is 0.474. The lowest BCUT2D eigenvalue weighted by Gasteiger charge is -2.43. The number of hydrogen-bond acceptors (Lipinski definition) is 4. The number of carbonyl (C=O) groups is 2. The lowest BCUT2D eigenvalue weighted by molar-refractivity contribution is -0.133. The van der Waals surface area contributed by atoms with E-state index >= 15 is 0 Å². The second kappa shape index (κ2) is 8.67. The molecule has 34 heavy (non-hydrogen) atoms. The SMILES string of the molecule is Cc1ccccc1CNC(=O)[C@]1(C)Cn2nc(-c3ccco3)cc2C(=O)N1Cc1ccccc1. The van der Waals surface area contributed by atoms with Crippen LogP contribution in [0.3, 0.4) is 0 Å². The predicted molar refractivity (Wildman–Crippen MR) is 128 cm³/mol. The third-order valence-electron chi connectivity index (χ3n) is 6.44. The van der Waals surface area contributed by atoms with Crippen LogP contribution >= 0.6 is 0 Å². The van der Waals surface area contributed by atoms with Crippen LogP contribution in [0.4, 0.5) is 0 Å². The van der Waals surface area contributed by atoms with Crippen LogP contribution in [0.15, 0.2) is 83.5 Å². The van der Waals surface area contributed by atoms with E-state index in [1.807, 2.05) is 61.5 Å². The number of rotatable bonds is 6. The molecule has 1 aliphatic heterocycles. The van der Waals surface area contributed by atoms with Crippen LogP contribution in [-0.2, 0) is 24.4 Å². The van der Waals surface area contributed by atoms with E-state index in [-0.39, 0.29) is 18.4 Å². The van der Waals surface area contributed by atoms with E-state index in [4.69, 9.17) is 4.42 Å². The first-order chi connectivity index (χ1) is 16.5. The first-order valence-corrected chi connectivity index (χ1v) is 11.3. The fraction of sp³-hybridized carbons (Fsp3) is 0.222. The van der Waals surface area contributed by atoms with Crippen LogP contribution in [0.2, 0.25) is 0 Å². The first kappa shape index (κ1) is 21.7. The minimum absolute atomic E-state index is 0.222. The summed E-state index contributed by atoms with van der Waals surface area (Å²) in [4.78, 5) is 29.0. The molecule has 4 aromatic rings. The summed E-state index contributed by atoms with van der Waals surface area (Å²) in [6.07, 6.45) is 1.57. The maximum absolute atomic E-state index is 13.7. The third-order valence-corrected chi connectivity index (χ3v) is 6.44. The van der Waals surface area contributed by atoms with E-state index in [9.17, 15) is 9.59 Å². The van der Waals surface area contributed by atoms with Crippen LogP contribution in [-0.4, -0.2) is 32.0 Å². The van der Waals surface area contributed by atoms with Gasteiger partial charge in [-0.25, -0.2) is 0 Å². The monoisotopic (exact) mass is 454 g/mol. The summed E-state index contributed by atoms with van der Waals surface area (Å²) in [5.74, 6) is 0.115. The largest absolute Gasteiger partial charge is 0.463 e. The Morgan fingerprint density at radius 2 is 1.85 bits per heavy atom. The van der Waals surface area contributed by atoms with Gasteiger partial charge in [0.1, 0.15) is 16.9 Å². The molecule has 172 valence electrons. The Labute approximate surface area is 198 Å². The van der Waals surface area contributed by atoms with E-state index in [0.29, 0.717) is 30.2 Å². The van der Waals surface area contributed by atoms with Crippen molar-refractivity contribution in [3.8, 4) is 11.5 Å². The van der Waals surface area contributed by atoms with Crippen LogP contribution in [0.5, 0.6) is 0 Å². The number of furan rings is 1. The van der Waals surface area contributed by atoms with Crippen molar-refractivity contribution in [2.24, 2.45) is 0 Å². The highest BCUT2D eigenvalue weighted by Crippen LogP contribution is 2.31. The van der Waals surface area contributed by atoms with Gasteiger partial charge >= 0.3 is 0 Å². The van der Waals surface area contributed by atoms with Crippen LogP contribution in [0.1, 0.15) is 34.1 Å². The number of benzene rings is 2. The van der Waals surface area contributed by atoms with Crippen molar-refractivity contribution in [2.45, 2.75) is 39.0 Å². The van der Waals surface area contributed by atoms with Gasteiger partial charge in [0.25, 0.3) is 5.91 Å². The summed E-state index contributed by atoms with van der Waals surface area (Å²) in [6, 6.07) is 22.9. The van der Waals surface area contributed by atoms with Gasteiger partial charge in [0, 0.05) is 19.2 Å². The van der Waals surface area contributed by atoms with Crippen LogP contribution < -0.4 is 5.32 Å². The standard InChI is InChI=1S/C27H26N4O3/c1-19-9-6-7-12-21(19)16-28-26(33)27(2)18-31-23(15-22(29-31)24-13-8-14-34-24)25(32)30(27)17-20-10-4-3-5-11-20/h3-15H,16-18H2,1-2H3,(H,28,33)/t27-/m0/s1. The number of fused-ring (bicyclic) bond motifs is 1. The topological polar surface area (TPSA) is 80.4 Å². The highest BCUT2D eigenvalue weighted by molar-refractivity contribution is 6.00. The number of amides is 2. The van der Waals surface area contributed by atoms with E-state index in [0.717, 1.165) is 16.7 Å². The molecule has 1 aliphatic rings. The molecule has 0 bridgehead atoms. The van der Waals surface area contributed by atoms with Gasteiger partial charge in [0.15, 0.2) is 5.76 Å². The molecule has 1 atom stereocenters. The summed E-state index contributed by atoms with van der Waals surface area (Å²) in [5.41, 5.74) is 2.97. The number of aromatic nitrogens is 2. The minimum Gasteiger partial charge on any atom is -0.463 e. The van der Waals surface area contributed by atoms with E-state index < -0.39 is 5.54 Å². The molecule has 0 fully saturated rings. The van der Waals surface area contributed by atoms with E-state index in [1.165, 1.54) is 0 Å². The molecule has 0 saturated carbocycles. The smallest absolute Gasteiger partial charge is 0.273 e. The number of hydrogen-bond donors (Lipinski definition) is 1. The molecular formula is C27H26N4O3. The summed E-state index contributed by atoms with van der Waals surface area (Å²) < 4.78 is 7.09. The van der Waals surface area contributed by atoms with E-state index in [2.05, 4.69) is 10.4 Å². The zero-order valence-corrected chi connectivity index (χ0v) is 19.2. The van der Waals surface area contributed by atoms with Crippen molar-refractivity contribution in [2.75, 3.05) is 0 Å². The predicted octanol–water partition coefficient (Wildman–Crippen LogP) is 4.18. The van der Waals surface area contributed by atoms with E-state index in [1.54, 1.807) is 41.0 Å². The molecule has 2 aromatic heterocycles. The summed E-state index contributed by atoms with van der Waals surface area (Å²) in [7, 11) is 0. The highest BCUT2D eigenvalue weighted by atomic mass is 16.3. The second-order valence-electron chi connectivity index (χ2n) is 8.81. The Morgan fingerprint density at radius 1 is 1.09 bits per heavy atom. The first-order valence-electron chi connectivity index (χ1n) is 11.3. The van der Waals surface area contributed by atoms with Crippen LogP contribution in [0.25, 0.3) is 11.5 Å². The normalized spacial score (nSPS) is 17.5. The molecule has 5 rings (SSSR count). The summed E-state index contributed by atoms with van der Waals surface area (Å²) in [5, 5.41) is 7.65. The van der Waals surface area contributed by atoms with Crippen molar-refractivity contribution in [1.29, 1.82) is 0 Å². The average molecular weight is 455 g/mol. The Balaban J connectivity index is 1.49. The number of aryl methyl sites for hydroxylation is 1. The second-order valence-corrected chi connectivity index (χ2v) is 8.81. The van der Waals surface area contributed by atoms with Crippen molar-refractivity contribution >= 4 is 11.8 Å². The molecule has 7 nitrogen and oxygen atoms in total. The average Bonchev–Trinajstić information content (AvgIpc) is 3.52. The number of nitrogens with one attached hydrogen (secondary N) is 1. The van der Waals surface area contributed by atoms with Gasteiger partial charge in [-0.3, -0.25) is 14.3 Å². The van der Waals surface area contributed by atoms with Gasteiger partial charge in [-0.05, 0) is 42.7 Å². The van der Waals surface area contributed by atoms with Crippen molar-refractivity contribution < 1.29 is 14.0 Å². The lowest BCUT2D eigenvalue weighted by Crippen LogP contribution is -2.63. The Hall–Kier alpha value is -4.13. The number of nitrogens with zero attached hydrogens (tertiary/aromatic N) is 3. The maximum Gasteiger partial charge on any atom is 0.273 e. The Morgan fingerprint density at radius 3 is 2.59 bits per heavy atom. The molecule has 0 spiro atoms. The van der Waals surface area contributed by atoms with Crippen molar-refractivity contribution in [1.82, 2.24) is 20.0 Å². The zero-order valence-electron chi connectivity index (χ0n) is 19.2. The minimum atomic E-state index is -1.13. The lowest BCUT2D eigenvalue weighted by atomic mass is 9.94. The molecule has 3 heterocycles. The maximum atomic E-state index is 13.7. The molecular weight excluding hydrogens is 428 g/mol. The Kier molecular flexibility index (Phi) is 5.53. The zero-order chi connectivity index (χ0) is 23.7. The summed E-state index contributed by atoms with van der Waals surface area (Å²) in [6.45, 7) is 4.76. The highest BCUT2D eigenvalue weighted by Gasteiger charge is 2.48. The van der Waals surface area contributed by atoms with Crippen molar-refractivity contribution in [3.63, 3.8) is 0 Å². The molecule has 1 N–H and O–H groups in total. The van der Waals surface area contributed by atoms with Gasteiger partial charge in [-0.2, -0.15) is 5.10 Å². The Bertz CT molecular complexity index is 1330. The van der Waals surface area contributed by atoms with Gasteiger partial charge in [-0.1, -0.05) is 54.6 Å². The molecule has 2 aromatic carbocycles. The fourth-order valence-corrected chi connectivity index (χ4v) is 4.37. The fourth-order valence-electron chi connectivity index (χ4n) is 4.37. The van der Waals surface area contributed by atoms with Gasteiger partial charge in [0.2, 0.25) is 5.91 Å². The van der Waals surface area contributed by atoms with Crippen LogP contribution in [0, 0.1) is 6.92 Å². The third kappa shape index (κ3) is 3.90. The molecule has 0 aliphatic carbocycles. The number of carbonyl (C=O) groups excluding carboxylic acids is 2. The summed E-state index contributed by atoms with van der Waals surface area (Å²) >= 11 is 0.